The minimum Gasteiger partial charge on any atom is -0.464 e. The lowest BCUT2D eigenvalue weighted by Crippen LogP contribution is -2.51. The fourth-order valence-electron chi connectivity index (χ4n) is 3.08. The summed E-state index contributed by atoms with van der Waals surface area (Å²) in [6, 6.07) is 3.59. The Morgan fingerprint density at radius 2 is 2.40 bits per heavy atom. The lowest BCUT2D eigenvalue weighted by atomic mass is 9.77. The third kappa shape index (κ3) is 3.41. The first-order chi connectivity index (χ1) is 9.58. The van der Waals surface area contributed by atoms with E-state index in [1.165, 1.54) is 13.5 Å². The highest BCUT2D eigenvalue weighted by Gasteiger charge is 2.33. The van der Waals surface area contributed by atoms with E-state index in [4.69, 9.17) is 0 Å². The first kappa shape index (κ1) is 15.1. The van der Waals surface area contributed by atoms with Crippen LogP contribution >= 0.6 is 0 Å². The van der Waals surface area contributed by atoms with Gasteiger partial charge in [-0.3, -0.25) is 0 Å². The molecule has 5 heteroatoms. The topological polar surface area (TPSA) is 74.3 Å². The first-order valence-corrected chi connectivity index (χ1v) is 7.21. The molecule has 1 aromatic heterocycles. The summed E-state index contributed by atoms with van der Waals surface area (Å²) in [4.78, 5) is 14.4. The standard InChI is InChI=1S/C15H24N2O3/c1-11-4-3-7-15(8-11,10-18)16-9-12-5-6-13(17-12)14(19)20-2/h5-6,11,16-18H,3-4,7-10H2,1-2H3. The fourth-order valence-corrected chi connectivity index (χ4v) is 3.08. The molecule has 0 aliphatic heterocycles. The highest BCUT2D eigenvalue weighted by Crippen LogP contribution is 2.32. The quantitative estimate of drug-likeness (QED) is 0.719. The van der Waals surface area contributed by atoms with Crippen molar-refractivity contribution >= 4 is 5.97 Å². The summed E-state index contributed by atoms with van der Waals surface area (Å²) in [6.07, 6.45) is 4.37. The second-order valence-corrected chi connectivity index (χ2v) is 5.88. The Kier molecular flexibility index (Phi) is 4.83. The number of aliphatic hydroxyl groups is 1. The molecule has 1 saturated carbocycles. The number of carbonyl (C=O) groups excluding carboxylic acids is 1. The van der Waals surface area contributed by atoms with Gasteiger partial charge in [0.05, 0.1) is 13.7 Å². The molecular formula is C15H24N2O3. The number of rotatable bonds is 5. The maximum atomic E-state index is 11.4. The molecule has 0 spiro atoms. The number of esters is 1. The zero-order valence-electron chi connectivity index (χ0n) is 12.2. The maximum Gasteiger partial charge on any atom is 0.354 e. The van der Waals surface area contributed by atoms with Gasteiger partial charge in [0, 0.05) is 17.8 Å². The average molecular weight is 280 g/mol. The van der Waals surface area contributed by atoms with Crippen LogP contribution in [0.15, 0.2) is 12.1 Å². The number of hydrogen-bond acceptors (Lipinski definition) is 4. The van der Waals surface area contributed by atoms with Crippen molar-refractivity contribution in [2.45, 2.75) is 44.7 Å². The Labute approximate surface area is 119 Å². The smallest absolute Gasteiger partial charge is 0.354 e. The summed E-state index contributed by atoms with van der Waals surface area (Å²) < 4.78 is 4.67. The summed E-state index contributed by atoms with van der Waals surface area (Å²) in [6.45, 7) is 3.00. The largest absolute Gasteiger partial charge is 0.464 e. The number of hydrogen-bond donors (Lipinski definition) is 3. The lowest BCUT2D eigenvalue weighted by molar-refractivity contribution is 0.0594. The van der Waals surface area contributed by atoms with Gasteiger partial charge >= 0.3 is 5.97 Å². The number of aromatic nitrogens is 1. The predicted octanol–water partition coefficient (Wildman–Crippen LogP) is 1.83. The van der Waals surface area contributed by atoms with Crippen molar-refractivity contribution in [2.24, 2.45) is 5.92 Å². The molecule has 1 heterocycles. The molecule has 0 radical (unpaired) electrons. The second kappa shape index (κ2) is 6.41. The summed E-state index contributed by atoms with van der Waals surface area (Å²) in [5.74, 6) is 0.275. The van der Waals surface area contributed by atoms with Gasteiger partial charge in [-0.2, -0.15) is 0 Å². The Morgan fingerprint density at radius 3 is 3.05 bits per heavy atom. The third-order valence-electron chi connectivity index (χ3n) is 4.20. The number of aliphatic hydroxyl groups excluding tert-OH is 1. The predicted molar refractivity (Wildman–Crippen MR) is 76.4 cm³/mol. The van der Waals surface area contributed by atoms with Crippen molar-refractivity contribution in [3.8, 4) is 0 Å². The number of methoxy groups -OCH3 is 1. The molecule has 2 atom stereocenters. The first-order valence-electron chi connectivity index (χ1n) is 7.21. The average Bonchev–Trinajstić information content (AvgIpc) is 2.93. The molecule has 0 saturated heterocycles. The summed E-state index contributed by atoms with van der Waals surface area (Å²) in [5.41, 5.74) is 1.20. The van der Waals surface area contributed by atoms with Crippen molar-refractivity contribution in [2.75, 3.05) is 13.7 Å². The van der Waals surface area contributed by atoms with Gasteiger partial charge in [0.1, 0.15) is 5.69 Å². The van der Waals surface area contributed by atoms with E-state index in [1.807, 2.05) is 6.07 Å². The van der Waals surface area contributed by atoms with Crippen LogP contribution in [0.2, 0.25) is 0 Å². The number of nitrogens with one attached hydrogen (secondary N) is 2. The van der Waals surface area contributed by atoms with Crippen LogP contribution in [0.1, 0.15) is 48.8 Å². The second-order valence-electron chi connectivity index (χ2n) is 5.88. The molecule has 0 amide bonds. The number of carbonyl (C=O) groups is 1. The highest BCUT2D eigenvalue weighted by molar-refractivity contribution is 5.87. The van der Waals surface area contributed by atoms with Crippen LogP contribution in [0.5, 0.6) is 0 Å². The normalized spacial score (nSPS) is 26.4. The van der Waals surface area contributed by atoms with Crippen LogP contribution in [0.25, 0.3) is 0 Å². The van der Waals surface area contributed by atoms with Gasteiger partial charge in [-0.1, -0.05) is 19.8 Å². The highest BCUT2D eigenvalue weighted by atomic mass is 16.5. The molecular weight excluding hydrogens is 256 g/mol. The maximum absolute atomic E-state index is 11.4. The number of ether oxygens (including phenoxy) is 1. The van der Waals surface area contributed by atoms with E-state index < -0.39 is 0 Å². The van der Waals surface area contributed by atoms with E-state index in [2.05, 4.69) is 22.0 Å². The molecule has 1 aliphatic carbocycles. The Morgan fingerprint density at radius 1 is 1.60 bits per heavy atom. The zero-order valence-corrected chi connectivity index (χ0v) is 12.2. The summed E-state index contributed by atoms with van der Waals surface area (Å²) >= 11 is 0. The molecule has 5 nitrogen and oxygen atoms in total. The van der Waals surface area contributed by atoms with Crippen LogP contribution in [-0.2, 0) is 11.3 Å². The molecule has 2 rings (SSSR count). The van der Waals surface area contributed by atoms with Gasteiger partial charge in [-0.25, -0.2) is 4.79 Å². The van der Waals surface area contributed by atoms with Crippen molar-refractivity contribution in [1.82, 2.24) is 10.3 Å². The van der Waals surface area contributed by atoms with Crippen LogP contribution in [0.4, 0.5) is 0 Å². The molecule has 1 fully saturated rings. The molecule has 3 N–H and O–H groups in total. The van der Waals surface area contributed by atoms with Crippen LogP contribution < -0.4 is 5.32 Å². The van der Waals surface area contributed by atoms with E-state index in [9.17, 15) is 9.90 Å². The minimum atomic E-state index is -0.362. The van der Waals surface area contributed by atoms with E-state index in [0.717, 1.165) is 25.0 Å². The van der Waals surface area contributed by atoms with Gasteiger partial charge in [0.25, 0.3) is 0 Å². The molecule has 20 heavy (non-hydrogen) atoms. The van der Waals surface area contributed by atoms with E-state index in [-0.39, 0.29) is 18.1 Å². The summed E-state index contributed by atoms with van der Waals surface area (Å²) in [5, 5.41) is 13.2. The molecule has 0 aromatic carbocycles. The SMILES string of the molecule is COC(=O)c1ccc(CNC2(CO)CCCC(C)C2)[nH]1. The van der Waals surface area contributed by atoms with Gasteiger partial charge in [0.15, 0.2) is 0 Å². The lowest BCUT2D eigenvalue weighted by Gasteiger charge is -2.39. The van der Waals surface area contributed by atoms with Crippen molar-refractivity contribution in [3.05, 3.63) is 23.5 Å². The molecule has 112 valence electrons. The molecule has 0 bridgehead atoms. The van der Waals surface area contributed by atoms with Crippen molar-refractivity contribution in [1.29, 1.82) is 0 Å². The van der Waals surface area contributed by atoms with Gasteiger partial charge in [-0.15, -0.1) is 0 Å². The van der Waals surface area contributed by atoms with E-state index in [1.54, 1.807) is 6.07 Å². The fraction of sp³-hybridized carbons (Fsp3) is 0.667. The number of aromatic amines is 1. The molecule has 2 unspecified atom stereocenters. The monoisotopic (exact) mass is 280 g/mol. The van der Waals surface area contributed by atoms with Crippen LogP contribution in [-0.4, -0.2) is 35.3 Å². The van der Waals surface area contributed by atoms with E-state index >= 15 is 0 Å². The Bertz CT molecular complexity index is 458. The Hall–Kier alpha value is -1.33. The van der Waals surface area contributed by atoms with Gasteiger partial charge in [0.2, 0.25) is 0 Å². The minimum absolute atomic E-state index is 0.155. The zero-order chi connectivity index (χ0) is 14.6. The van der Waals surface area contributed by atoms with Crippen LogP contribution in [0, 0.1) is 5.92 Å². The van der Waals surface area contributed by atoms with Gasteiger partial charge in [-0.05, 0) is 30.9 Å². The van der Waals surface area contributed by atoms with Crippen molar-refractivity contribution < 1.29 is 14.6 Å². The molecule has 1 aromatic rings. The van der Waals surface area contributed by atoms with Crippen LogP contribution in [0.3, 0.4) is 0 Å². The van der Waals surface area contributed by atoms with Crippen molar-refractivity contribution in [3.63, 3.8) is 0 Å². The number of H-pyrrole nitrogens is 1. The summed E-state index contributed by atoms with van der Waals surface area (Å²) in [7, 11) is 1.37. The van der Waals surface area contributed by atoms with Gasteiger partial charge < -0.3 is 20.1 Å². The molecule has 1 aliphatic rings. The third-order valence-corrected chi connectivity index (χ3v) is 4.20. The van der Waals surface area contributed by atoms with E-state index in [0.29, 0.717) is 18.2 Å². The Balaban J connectivity index is 1.96.